The second-order valence-corrected chi connectivity index (χ2v) is 10.1. The van der Waals surface area contributed by atoms with Gasteiger partial charge in [0.15, 0.2) is 8.73 Å². The number of carbonyl (C=O) groups is 1. The lowest BCUT2D eigenvalue weighted by atomic mass is 10.2. The maximum atomic E-state index is 13.3. The van der Waals surface area contributed by atoms with Crippen LogP contribution in [0.25, 0.3) is 21.7 Å². The SMILES string of the molecule is CCN(CC)CC.CCOC(=O)c1ccc(-n2c(=S)[nH]c3c(sc(=S)n3-c3cccc(OC)c3)c2=O)cc1. The fourth-order valence-corrected chi connectivity index (χ4v) is 5.45. The molecule has 2 aromatic heterocycles. The third-order valence-corrected chi connectivity index (χ3v) is 7.57. The monoisotopic (exact) mass is 572 g/mol. The number of benzene rings is 2. The number of H-pyrrole nitrogens is 1. The summed E-state index contributed by atoms with van der Waals surface area (Å²) in [6.45, 7) is 12.2. The first kappa shape index (κ1) is 29.4. The fourth-order valence-electron chi connectivity index (χ4n) is 3.83. The van der Waals surface area contributed by atoms with E-state index in [1.807, 2.05) is 24.3 Å². The van der Waals surface area contributed by atoms with Crippen molar-refractivity contribution >= 4 is 52.1 Å². The summed E-state index contributed by atoms with van der Waals surface area (Å²) in [5, 5.41) is 0. The number of hydrogen-bond acceptors (Lipinski definition) is 8. The molecule has 0 saturated carbocycles. The molecule has 0 fully saturated rings. The number of nitrogens with zero attached hydrogens (tertiary/aromatic N) is 3. The van der Waals surface area contributed by atoms with Gasteiger partial charge in [0.05, 0.1) is 30.7 Å². The van der Waals surface area contributed by atoms with Crippen molar-refractivity contribution in [3.8, 4) is 17.1 Å². The number of nitrogens with one attached hydrogen (secondary N) is 1. The van der Waals surface area contributed by atoms with Gasteiger partial charge in [0.1, 0.15) is 16.1 Å². The van der Waals surface area contributed by atoms with Crippen LogP contribution in [0.1, 0.15) is 38.1 Å². The number of esters is 1. The van der Waals surface area contributed by atoms with E-state index in [-0.39, 0.29) is 16.9 Å². The Balaban J connectivity index is 0.000000505. The van der Waals surface area contributed by atoms with Gasteiger partial charge in [0.25, 0.3) is 5.56 Å². The predicted octanol–water partition coefficient (Wildman–Crippen LogP) is 6.16. The van der Waals surface area contributed by atoms with Gasteiger partial charge in [-0.25, -0.2) is 4.79 Å². The van der Waals surface area contributed by atoms with E-state index in [1.54, 1.807) is 42.9 Å². The molecule has 2 aromatic carbocycles. The molecule has 0 aliphatic carbocycles. The number of carbonyl (C=O) groups excluding carboxylic acids is 1. The molecule has 4 rings (SSSR count). The summed E-state index contributed by atoms with van der Waals surface area (Å²) in [5.74, 6) is 0.253. The highest BCUT2D eigenvalue weighted by atomic mass is 32.1. The minimum Gasteiger partial charge on any atom is -0.497 e. The fraction of sp³-hybridized carbons (Fsp3) is 0.333. The van der Waals surface area contributed by atoms with Crippen molar-refractivity contribution in [3.05, 3.63) is 73.2 Å². The van der Waals surface area contributed by atoms with Crippen LogP contribution in [-0.2, 0) is 4.74 Å². The van der Waals surface area contributed by atoms with E-state index in [9.17, 15) is 9.59 Å². The Hall–Kier alpha value is -3.12. The molecular formula is C27H32N4O4S3. The molecule has 0 unspecified atom stereocenters. The van der Waals surface area contributed by atoms with Gasteiger partial charge in [-0.05, 0) is 87.4 Å². The van der Waals surface area contributed by atoms with Crippen LogP contribution in [0.2, 0.25) is 0 Å². The summed E-state index contributed by atoms with van der Waals surface area (Å²) in [5.41, 5.74) is 1.93. The average molecular weight is 573 g/mol. The highest BCUT2D eigenvalue weighted by molar-refractivity contribution is 7.73. The second kappa shape index (κ2) is 13.6. The van der Waals surface area contributed by atoms with Gasteiger partial charge in [-0.15, -0.1) is 0 Å². The molecule has 0 saturated heterocycles. The Kier molecular flexibility index (Phi) is 10.5. The quantitative estimate of drug-likeness (QED) is 0.200. The summed E-state index contributed by atoms with van der Waals surface area (Å²) in [6.07, 6.45) is 0. The lowest BCUT2D eigenvalue weighted by molar-refractivity contribution is 0.0526. The highest BCUT2D eigenvalue weighted by Gasteiger charge is 2.16. The number of aromatic nitrogens is 3. The van der Waals surface area contributed by atoms with Gasteiger partial charge in [-0.3, -0.25) is 13.9 Å². The van der Waals surface area contributed by atoms with E-state index in [0.29, 0.717) is 31.3 Å². The van der Waals surface area contributed by atoms with E-state index < -0.39 is 5.97 Å². The van der Waals surface area contributed by atoms with Gasteiger partial charge >= 0.3 is 5.97 Å². The number of methoxy groups -OCH3 is 1. The van der Waals surface area contributed by atoms with E-state index in [1.165, 1.54) is 35.5 Å². The van der Waals surface area contributed by atoms with Crippen LogP contribution in [0.3, 0.4) is 0 Å². The zero-order valence-corrected chi connectivity index (χ0v) is 24.6. The normalized spacial score (nSPS) is 10.8. The topological polar surface area (TPSA) is 81.5 Å². The van der Waals surface area contributed by atoms with Crippen molar-refractivity contribution in [1.29, 1.82) is 0 Å². The third-order valence-electron chi connectivity index (χ3n) is 5.93. The zero-order chi connectivity index (χ0) is 27.8. The maximum Gasteiger partial charge on any atom is 0.338 e. The number of ether oxygens (including phenoxy) is 2. The zero-order valence-electron chi connectivity index (χ0n) is 22.1. The molecule has 0 radical (unpaired) electrons. The Morgan fingerprint density at radius 1 is 0.974 bits per heavy atom. The Morgan fingerprint density at radius 2 is 1.63 bits per heavy atom. The van der Waals surface area contributed by atoms with Crippen LogP contribution in [0.4, 0.5) is 0 Å². The first-order valence-corrected chi connectivity index (χ1v) is 14.0. The number of thiazole rings is 1. The summed E-state index contributed by atoms with van der Waals surface area (Å²) in [6, 6.07) is 13.9. The average Bonchev–Trinajstić information content (AvgIpc) is 3.26. The predicted molar refractivity (Wildman–Crippen MR) is 159 cm³/mol. The van der Waals surface area contributed by atoms with Gasteiger partial charge in [-0.1, -0.05) is 38.2 Å². The molecule has 8 nitrogen and oxygen atoms in total. The van der Waals surface area contributed by atoms with Crippen LogP contribution in [0.15, 0.2) is 53.3 Å². The minimum atomic E-state index is -0.421. The number of hydrogen-bond donors (Lipinski definition) is 1. The summed E-state index contributed by atoms with van der Waals surface area (Å²) < 4.78 is 14.6. The van der Waals surface area contributed by atoms with E-state index >= 15 is 0 Å². The van der Waals surface area contributed by atoms with Crippen molar-refractivity contribution < 1.29 is 14.3 Å². The molecule has 0 atom stereocenters. The van der Waals surface area contributed by atoms with Crippen molar-refractivity contribution in [2.24, 2.45) is 0 Å². The Morgan fingerprint density at radius 3 is 2.18 bits per heavy atom. The first-order chi connectivity index (χ1) is 18.3. The first-order valence-electron chi connectivity index (χ1n) is 12.3. The molecule has 0 bridgehead atoms. The Bertz CT molecular complexity index is 1560. The van der Waals surface area contributed by atoms with Crippen molar-refractivity contribution in [2.75, 3.05) is 33.4 Å². The van der Waals surface area contributed by atoms with Crippen LogP contribution in [0.5, 0.6) is 5.75 Å². The molecule has 1 N–H and O–H groups in total. The molecule has 0 amide bonds. The molecule has 4 aromatic rings. The summed E-state index contributed by atoms with van der Waals surface area (Å²) in [4.78, 5) is 30.7. The second-order valence-electron chi connectivity index (χ2n) is 8.04. The molecule has 38 heavy (non-hydrogen) atoms. The lowest BCUT2D eigenvalue weighted by Gasteiger charge is -2.13. The largest absolute Gasteiger partial charge is 0.497 e. The van der Waals surface area contributed by atoms with E-state index in [2.05, 4.69) is 30.7 Å². The number of fused-ring (bicyclic) bond motifs is 1. The van der Waals surface area contributed by atoms with Crippen molar-refractivity contribution in [1.82, 2.24) is 19.0 Å². The van der Waals surface area contributed by atoms with Crippen molar-refractivity contribution in [3.63, 3.8) is 0 Å². The Labute approximate surface area is 236 Å². The van der Waals surface area contributed by atoms with Gasteiger partial charge in [-0.2, -0.15) is 0 Å². The summed E-state index contributed by atoms with van der Waals surface area (Å²) >= 11 is 12.2. The van der Waals surface area contributed by atoms with Crippen LogP contribution >= 0.6 is 35.8 Å². The molecule has 11 heteroatoms. The molecule has 2 heterocycles. The molecular weight excluding hydrogens is 541 g/mol. The van der Waals surface area contributed by atoms with Crippen LogP contribution in [0, 0.1) is 8.73 Å². The smallest absolute Gasteiger partial charge is 0.338 e. The molecule has 0 spiro atoms. The van der Waals surface area contributed by atoms with Gasteiger partial charge in [0, 0.05) is 6.07 Å². The minimum absolute atomic E-state index is 0.214. The van der Waals surface area contributed by atoms with E-state index in [0.717, 1.165) is 5.69 Å². The van der Waals surface area contributed by atoms with Gasteiger partial charge < -0.3 is 19.4 Å². The van der Waals surface area contributed by atoms with E-state index in [4.69, 9.17) is 33.9 Å². The maximum absolute atomic E-state index is 13.3. The summed E-state index contributed by atoms with van der Waals surface area (Å²) in [7, 11) is 1.59. The number of rotatable bonds is 8. The number of aromatic amines is 1. The van der Waals surface area contributed by atoms with Crippen LogP contribution < -0.4 is 10.3 Å². The molecule has 202 valence electrons. The highest BCUT2D eigenvalue weighted by Crippen LogP contribution is 2.25. The third kappa shape index (κ3) is 6.47. The lowest BCUT2D eigenvalue weighted by Crippen LogP contribution is -2.21. The van der Waals surface area contributed by atoms with Gasteiger partial charge in [0.2, 0.25) is 0 Å². The standard InChI is InChI=1S/C21H17N3O4S3.C6H15N/c1-3-28-19(26)12-7-9-13(10-8-12)24-18(25)16-17(22-20(24)29)23(21(30)31-16)14-5-4-6-15(11-14)27-2;1-4-7(5-2)6-3/h4-11H,3H2,1-2H3,(H,22,29);4-6H2,1-3H3. The molecule has 0 aliphatic heterocycles. The van der Waals surface area contributed by atoms with Crippen LogP contribution in [-0.4, -0.2) is 58.3 Å². The van der Waals surface area contributed by atoms with Crippen molar-refractivity contribution in [2.45, 2.75) is 27.7 Å². The molecule has 0 aliphatic rings.